The number of ether oxygens (including phenoxy) is 2. The van der Waals surface area contributed by atoms with E-state index >= 15 is 0 Å². The zero-order valence-electron chi connectivity index (χ0n) is 11.2. The second kappa shape index (κ2) is 5.24. The lowest BCUT2D eigenvalue weighted by molar-refractivity contribution is -0.145. The average Bonchev–Trinajstić information content (AvgIpc) is 2.82. The molecule has 0 aromatic heterocycles. The monoisotopic (exact) mass is 277 g/mol. The van der Waals surface area contributed by atoms with E-state index < -0.39 is 17.4 Å². The van der Waals surface area contributed by atoms with E-state index in [0.29, 0.717) is 11.5 Å². The fourth-order valence-electron chi connectivity index (χ4n) is 1.59. The standard InChI is InChI=1S/C14H15NO5/c1-14(2,13(17)18)15-12(16)6-4-9-3-5-10-11(7-9)20-8-19-10/h3-7H,8H2,1-2H3,(H,15,16)(H,17,18). The van der Waals surface area contributed by atoms with E-state index in [9.17, 15) is 9.59 Å². The van der Waals surface area contributed by atoms with Crippen LogP contribution in [0.1, 0.15) is 19.4 Å². The summed E-state index contributed by atoms with van der Waals surface area (Å²) < 4.78 is 10.4. The molecule has 20 heavy (non-hydrogen) atoms. The average molecular weight is 277 g/mol. The molecular weight excluding hydrogens is 262 g/mol. The van der Waals surface area contributed by atoms with E-state index in [1.807, 2.05) is 0 Å². The third-order valence-corrected chi connectivity index (χ3v) is 2.79. The summed E-state index contributed by atoms with van der Waals surface area (Å²) in [6.07, 6.45) is 2.86. The molecule has 1 aliphatic rings. The number of benzene rings is 1. The van der Waals surface area contributed by atoms with Crippen LogP contribution in [-0.2, 0) is 9.59 Å². The van der Waals surface area contributed by atoms with Gasteiger partial charge in [-0.05, 0) is 37.6 Å². The number of hydrogen-bond acceptors (Lipinski definition) is 4. The van der Waals surface area contributed by atoms with E-state index in [4.69, 9.17) is 14.6 Å². The number of aliphatic carboxylic acids is 1. The van der Waals surface area contributed by atoms with Crippen molar-refractivity contribution < 1.29 is 24.2 Å². The zero-order valence-corrected chi connectivity index (χ0v) is 11.2. The van der Waals surface area contributed by atoms with Gasteiger partial charge < -0.3 is 19.9 Å². The molecule has 2 rings (SSSR count). The molecule has 1 aromatic carbocycles. The van der Waals surface area contributed by atoms with Crippen molar-refractivity contribution in [2.24, 2.45) is 0 Å². The van der Waals surface area contributed by atoms with E-state index in [1.165, 1.54) is 19.9 Å². The van der Waals surface area contributed by atoms with E-state index in [2.05, 4.69) is 5.32 Å². The summed E-state index contributed by atoms with van der Waals surface area (Å²) in [5.74, 6) is -0.283. The third kappa shape index (κ3) is 3.09. The van der Waals surface area contributed by atoms with E-state index in [0.717, 1.165) is 5.56 Å². The normalized spacial score (nSPS) is 13.5. The molecule has 6 heteroatoms. The molecule has 106 valence electrons. The van der Waals surface area contributed by atoms with Crippen molar-refractivity contribution in [2.45, 2.75) is 19.4 Å². The van der Waals surface area contributed by atoms with Crippen LogP contribution in [0.15, 0.2) is 24.3 Å². The fraction of sp³-hybridized carbons (Fsp3) is 0.286. The molecular formula is C14H15NO5. The van der Waals surface area contributed by atoms with Gasteiger partial charge in [0, 0.05) is 6.08 Å². The van der Waals surface area contributed by atoms with E-state index in [-0.39, 0.29) is 6.79 Å². The van der Waals surface area contributed by atoms with Crippen LogP contribution in [0.3, 0.4) is 0 Å². The number of carbonyl (C=O) groups excluding carboxylic acids is 1. The Morgan fingerprint density at radius 3 is 2.70 bits per heavy atom. The molecule has 1 amide bonds. The lowest BCUT2D eigenvalue weighted by atomic mass is 10.1. The van der Waals surface area contributed by atoms with Crippen LogP contribution in [0.5, 0.6) is 11.5 Å². The molecule has 0 saturated heterocycles. The second-order valence-corrected chi connectivity index (χ2v) is 4.87. The summed E-state index contributed by atoms with van der Waals surface area (Å²) >= 11 is 0. The minimum absolute atomic E-state index is 0.190. The molecule has 6 nitrogen and oxygen atoms in total. The largest absolute Gasteiger partial charge is 0.480 e. The number of carboxylic acids is 1. The van der Waals surface area contributed by atoms with Gasteiger partial charge in [0.1, 0.15) is 5.54 Å². The van der Waals surface area contributed by atoms with Crippen molar-refractivity contribution in [3.05, 3.63) is 29.8 Å². The van der Waals surface area contributed by atoms with Crippen molar-refractivity contribution >= 4 is 18.0 Å². The first-order chi connectivity index (χ1) is 9.38. The number of nitrogens with one attached hydrogen (secondary N) is 1. The van der Waals surface area contributed by atoms with Gasteiger partial charge in [-0.25, -0.2) is 4.79 Å². The summed E-state index contributed by atoms with van der Waals surface area (Å²) in [6, 6.07) is 5.27. The Kier molecular flexibility index (Phi) is 3.65. The first kappa shape index (κ1) is 13.9. The Morgan fingerprint density at radius 1 is 1.30 bits per heavy atom. The minimum atomic E-state index is -1.31. The van der Waals surface area contributed by atoms with Gasteiger partial charge in [0.25, 0.3) is 0 Å². The van der Waals surface area contributed by atoms with Crippen LogP contribution >= 0.6 is 0 Å². The molecule has 1 aliphatic heterocycles. The lowest BCUT2D eigenvalue weighted by Gasteiger charge is -2.19. The van der Waals surface area contributed by atoms with Gasteiger partial charge >= 0.3 is 5.97 Å². The van der Waals surface area contributed by atoms with Crippen LogP contribution in [0.4, 0.5) is 0 Å². The Labute approximate surface area is 116 Å². The van der Waals surface area contributed by atoms with Gasteiger partial charge in [0.05, 0.1) is 0 Å². The summed E-state index contributed by atoms with van der Waals surface area (Å²) in [4.78, 5) is 22.5. The molecule has 0 bridgehead atoms. The van der Waals surface area contributed by atoms with Crippen molar-refractivity contribution in [3.8, 4) is 11.5 Å². The molecule has 2 N–H and O–H groups in total. The highest BCUT2D eigenvalue weighted by Gasteiger charge is 2.27. The summed E-state index contributed by atoms with van der Waals surface area (Å²) in [6.45, 7) is 3.03. The quantitative estimate of drug-likeness (QED) is 0.813. The first-order valence-electron chi connectivity index (χ1n) is 6.02. The number of rotatable bonds is 4. The molecule has 0 atom stereocenters. The predicted octanol–water partition coefficient (Wildman–Crippen LogP) is 1.41. The fourth-order valence-corrected chi connectivity index (χ4v) is 1.59. The van der Waals surface area contributed by atoms with Crippen LogP contribution in [0.25, 0.3) is 6.08 Å². The first-order valence-corrected chi connectivity index (χ1v) is 6.02. The summed E-state index contributed by atoms with van der Waals surface area (Å²) in [5.41, 5.74) is -0.548. The summed E-state index contributed by atoms with van der Waals surface area (Å²) in [7, 11) is 0. The predicted molar refractivity (Wildman–Crippen MR) is 71.5 cm³/mol. The topological polar surface area (TPSA) is 84.9 Å². The molecule has 0 unspecified atom stereocenters. The van der Waals surface area contributed by atoms with Crippen LogP contribution in [0, 0.1) is 0 Å². The highest BCUT2D eigenvalue weighted by atomic mass is 16.7. The second-order valence-electron chi connectivity index (χ2n) is 4.87. The van der Waals surface area contributed by atoms with Gasteiger partial charge in [-0.15, -0.1) is 0 Å². The highest BCUT2D eigenvalue weighted by molar-refractivity contribution is 5.95. The lowest BCUT2D eigenvalue weighted by Crippen LogP contribution is -2.49. The van der Waals surface area contributed by atoms with Gasteiger partial charge in [-0.2, -0.15) is 0 Å². The number of fused-ring (bicyclic) bond motifs is 1. The number of hydrogen-bond donors (Lipinski definition) is 2. The van der Waals surface area contributed by atoms with Gasteiger partial charge in [0.15, 0.2) is 11.5 Å². The minimum Gasteiger partial charge on any atom is -0.480 e. The molecule has 0 fully saturated rings. The third-order valence-electron chi connectivity index (χ3n) is 2.79. The van der Waals surface area contributed by atoms with Crippen LogP contribution < -0.4 is 14.8 Å². The van der Waals surface area contributed by atoms with Crippen molar-refractivity contribution in [3.63, 3.8) is 0 Å². The van der Waals surface area contributed by atoms with Gasteiger partial charge in [-0.1, -0.05) is 6.07 Å². The van der Waals surface area contributed by atoms with Gasteiger partial charge in [0.2, 0.25) is 12.7 Å². The highest BCUT2D eigenvalue weighted by Crippen LogP contribution is 2.32. The Hall–Kier alpha value is -2.50. The Morgan fingerprint density at radius 2 is 2.00 bits per heavy atom. The number of amides is 1. The molecule has 1 aromatic rings. The molecule has 0 saturated carbocycles. The van der Waals surface area contributed by atoms with Crippen LogP contribution in [-0.4, -0.2) is 29.3 Å². The molecule has 0 radical (unpaired) electrons. The number of carboxylic acid groups (broad SMARTS) is 1. The SMILES string of the molecule is CC(C)(NC(=O)C=Cc1ccc2c(c1)OCO2)C(=O)O. The van der Waals surface area contributed by atoms with Crippen molar-refractivity contribution in [1.82, 2.24) is 5.32 Å². The maximum absolute atomic E-state index is 11.7. The van der Waals surface area contributed by atoms with Crippen LogP contribution in [0.2, 0.25) is 0 Å². The van der Waals surface area contributed by atoms with E-state index in [1.54, 1.807) is 24.3 Å². The van der Waals surface area contributed by atoms with Crippen molar-refractivity contribution in [2.75, 3.05) is 6.79 Å². The molecule has 0 aliphatic carbocycles. The molecule has 0 spiro atoms. The number of carbonyl (C=O) groups is 2. The molecule has 1 heterocycles. The van der Waals surface area contributed by atoms with Crippen molar-refractivity contribution in [1.29, 1.82) is 0 Å². The smallest absolute Gasteiger partial charge is 0.328 e. The zero-order chi connectivity index (χ0) is 14.8. The maximum Gasteiger partial charge on any atom is 0.328 e. The Bertz CT molecular complexity index is 577. The summed E-state index contributed by atoms with van der Waals surface area (Å²) in [5, 5.41) is 11.3. The maximum atomic E-state index is 11.7. The Balaban J connectivity index is 2.02. The van der Waals surface area contributed by atoms with Gasteiger partial charge in [-0.3, -0.25) is 4.79 Å².